The van der Waals surface area contributed by atoms with Gasteiger partial charge in [-0.25, -0.2) is 0 Å². The van der Waals surface area contributed by atoms with Crippen molar-refractivity contribution in [3.63, 3.8) is 0 Å². The average Bonchev–Trinajstić information content (AvgIpc) is 2.91. The maximum atomic E-state index is 12.2. The van der Waals surface area contributed by atoms with Gasteiger partial charge < -0.3 is 10.6 Å². The van der Waals surface area contributed by atoms with E-state index in [1.807, 2.05) is 43.1 Å². The van der Waals surface area contributed by atoms with E-state index in [0.717, 1.165) is 29.2 Å². The highest BCUT2D eigenvalue weighted by Crippen LogP contribution is 2.26. The van der Waals surface area contributed by atoms with Gasteiger partial charge in [0.05, 0.1) is 0 Å². The number of amides is 1. The van der Waals surface area contributed by atoms with Crippen LogP contribution in [0.3, 0.4) is 0 Å². The second kappa shape index (κ2) is 5.71. The number of anilines is 1. The van der Waals surface area contributed by atoms with Gasteiger partial charge in [0.15, 0.2) is 0 Å². The third kappa shape index (κ3) is 2.84. The molecular formula is C13H16N2OS2. The molecule has 96 valence electrons. The number of hydrogen-bond donors (Lipinski definition) is 1. The summed E-state index contributed by atoms with van der Waals surface area (Å²) in [4.78, 5) is 14.3. The van der Waals surface area contributed by atoms with Gasteiger partial charge >= 0.3 is 0 Å². The zero-order valence-corrected chi connectivity index (χ0v) is 11.9. The molecule has 0 aliphatic carbocycles. The fourth-order valence-electron chi connectivity index (χ4n) is 1.98. The zero-order chi connectivity index (χ0) is 13.1. The molecule has 0 bridgehead atoms. The number of nitrogens with zero attached hydrogens (tertiary/aromatic N) is 1. The second-order valence-corrected chi connectivity index (χ2v) is 5.96. The van der Waals surface area contributed by atoms with Crippen LogP contribution in [0.15, 0.2) is 24.3 Å². The second-order valence-electron chi connectivity index (χ2n) is 4.37. The minimum atomic E-state index is 0.162. The molecule has 0 radical (unpaired) electrons. The van der Waals surface area contributed by atoms with Gasteiger partial charge in [0.2, 0.25) is 5.91 Å². The number of thioether (sulfide) groups is 1. The molecule has 1 saturated heterocycles. The van der Waals surface area contributed by atoms with E-state index in [-0.39, 0.29) is 11.8 Å². The number of thiocarbonyl (C=S) groups is 1. The van der Waals surface area contributed by atoms with E-state index in [0.29, 0.717) is 4.99 Å². The molecule has 0 aromatic heterocycles. The third-order valence-corrected chi connectivity index (χ3v) is 4.55. The minimum absolute atomic E-state index is 0.162. The lowest BCUT2D eigenvalue weighted by molar-refractivity contribution is -0.121. The summed E-state index contributed by atoms with van der Waals surface area (Å²) in [5.74, 6) is 2.39. The first-order chi connectivity index (χ1) is 8.59. The number of carbonyl (C=O) groups excluding carboxylic acids is 1. The number of benzene rings is 1. The molecule has 2 N–H and O–H groups in total. The number of carbonyl (C=O) groups is 1. The first-order valence-corrected chi connectivity index (χ1v) is 7.41. The number of nitrogens with two attached hydrogens (primary N) is 1. The van der Waals surface area contributed by atoms with Crippen molar-refractivity contribution in [2.75, 3.05) is 23.5 Å². The Morgan fingerprint density at radius 1 is 1.44 bits per heavy atom. The summed E-state index contributed by atoms with van der Waals surface area (Å²) < 4.78 is 0. The monoisotopic (exact) mass is 280 g/mol. The van der Waals surface area contributed by atoms with Crippen molar-refractivity contribution < 1.29 is 4.79 Å². The topological polar surface area (TPSA) is 46.3 Å². The van der Waals surface area contributed by atoms with Crippen LogP contribution >= 0.6 is 24.0 Å². The van der Waals surface area contributed by atoms with Gasteiger partial charge in [-0.2, -0.15) is 11.8 Å². The van der Waals surface area contributed by atoms with Crippen LogP contribution in [0, 0.1) is 5.92 Å². The largest absolute Gasteiger partial charge is 0.389 e. The predicted octanol–water partition coefficient (Wildman–Crippen LogP) is 2.04. The Hall–Kier alpha value is -1.07. The van der Waals surface area contributed by atoms with Gasteiger partial charge in [-0.1, -0.05) is 12.2 Å². The molecule has 18 heavy (non-hydrogen) atoms. The standard InChI is InChI=1S/C13H16N2OS2/c1-15(13(16)10-6-7-18-8-10)11-4-2-9(3-5-11)12(14)17/h2-5,10H,6-8H2,1H3,(H2,14,17). The molecule has 1 aliphatic rings. The van der Waals surface area contributed by atoms with Crippen LogP contribution < -0.4 is 10.6 Å². The van der Waals surface area contributed by atoms with Gasteiger partial charge in [0, 0.05) is 30.0 Å². The summed E-state index contributed by atoms with van der Waals surface area (Å²) in [6.07, 6.45) is 0.985. The highest BCUT2D eigenvalue weighted by molar-refractivity contribution is 7.99. The van der Waals surface area contributed by atoms with E-state index in [9.17, 15) is 4.79 Å². The fraction of sp³-hybridized carbons (Fsp3) is 0.385. The van der Waals surface area contributed by atoms with Crippen molar-refractivity contribution in [3.05, 3.63) is 29.8 Å². The molecule has 1 amide bonds. The van der Waals surface area contributed by atoms with E-state index in [1.54, 1.807) is 4.90 Å². The normalized spacial score (nSPS) is 18.6. The molecule has 1 unspecified atom stereocenters. The first-order valence-electron chi connectivity index (χ1n) is 5.85. The lowest BCUT2D eigenvalue weighted by Crippen LogP contribution is -2.32. The summed E-state index contributed by atoms with van der Waals surface area (Å²) in [6, 6.07) is 7.47. The van der Waals surface area contributed by atoms with Gasteiger partial charge in [0.1, 0.15) is 4.99 Å². The van der Waals surface area contributed by atoms with Crippen LogP contribution in [0.5, 0.6) is 0 Å². The van der Waals surface area contributed by atoms with E-state index >= 15 is 0 Å². The maximum absolute atomic E-state index is 12.2. The predicted molar refractivity (Wildman–Crippen MR) is 81.2 cm³/mol. The molecule has 1 fully saturated rings. The van der Waals surface area contributed by atoms with Crippen LogP contribution in [0.25, 0.3) is 0 Å². The van der Waals surface area contributed by atoms with E-state index in [1.165, 1.54) is 0 Å². The highest BCUT2D eigenvalue weighted by atomic mass is 32.2. The maximum Gasteiger partial charge on any atom is 0.230 e. The smallest absolute Gasteiger partial charge is 0.230 e. The Bertz CT molecular complexity index is 453. The van der Waals surface area contributed by atoms with Crippen molar-refractivity contribution >= 4 is 40.6 Å². The SMILES string of the molecule is CN(C(=O)C1CCSC1)c1ccc(C(N)=S)cc1. The molecular weight excluding hydrogens is 264 g/mol. The van der Waals surface area contributed by atoms with Gasteiger partial charge in [-0.3, -0.25) is 4.79 Å². The quantitative estimate of drug-likeness (QED) is 0.861. The Morgan fingerprint density at radius 3 is 2.61 bits per heavy atom. The number of rotatable bonds is 3. The van der Waals surface area contributed by atoms with Gasteiger partial charge in [0.25, 0.3) is 0 Å². The van der Waals surface area contributed by atoms with Crippen molar-refractivity contribution in [1.82, 2.24) is 0 Å². The molecule has 0 spiro atoms. The van der Waals surface area contributed by atoms with E-state index in [4.69, 9.17) is 18.0 Å². The van der Waals surface area contributed by atoms with Crippen molar-refractivity contribution in [2.24, 2.45) is 11.7 Å². The van der Waals surface area contributed by atoms with Gasteiger partial charge in [-0.05, 0) is 36.4 Å². The average molecular weight is 280 g/mol. The van der Waals surface area contributed by atoms with E-state index < -0.39 is 0 Å². The summed E-state index contributed by atoms with van der Waals surface area (Å²) in [5, 5.41) is 0. The van der Waals surface area contributed by atoms with Crippen LogP contribution in [-0.4, -0.2) is 29.4 Å². The summed E-state index contributed by atoms with van der Waals surface area (Å²) in [5.41, 5.74) is 7.26. The fourth-order valence-corrected chi connectivity index (χ4v) is 3.33. The van der Waals surface area contributed by atoms with Gasteiger partial charge in [-0.15, -0.1) is 0 Å². The van der Waals surface area contributed by atoms with Crippen LogP contribution in [-0.2, 0) is 4.79 Å². The molecule has 0 saturated carbocycles. The molecule has 2 rings (SSSR count). The Kier molecular flexibility index (Phi) is 4.24. The van der Waals surface area contributed by atoms with Crippen LogP contribution in [0.2, 0.25) is 0 Å². The molecule has 1 aliphatic heterocycles. The molecule has 5 heteroatoms. The molecule has 1 aromatic carbocycles. The lowest BCUT2D eigenvalue weighted by Gasteiger charge is -2.21. The minimum Gasteiger partial charge on any atom is -0.389 e. The van der Waals surface area contributed by atoms with Crippen molar-refractivity contribution in [1.29, 1.82) is 0 Å². The summed E-state index contributed by atoms with van der Waals surface area (Å²) >= 11 is 6.75. The summed E-state index contributed by atoms with van der Waals surface area (Å²) in [6.45, 7) is 0. The van der Waals surface area contributed by atoms with Crippen LogP contribution in [0.4, 0.5) is 5.69 Å². The third-order valence-electron chi connectivity index (χ3n) is 3.15. The lowest BCUT2D eigenvalue weighted by atomic mass is 10.1. The summed E-state index contributed by atoms with van der Waals surface area (Å²) in [7, 11) is 1.82. The zero-order valence-electron chi connectivity index (χ0n) is 10.3. The number of hydrogen-bond acceptors (Lipinski definition) is 3. The molecule has 3 nitrogen and oxygen atoms in total. The van der Waals surface area contributed by atoms with Crippen LogP contribution in [0.1, 0.15) is 12.0 Å². The van der Waals surface area contributed by atoms with Crippen molar-refractivity contribution in [2.45, 2.75) is 6.42 Å². The first kappa shape index (κ1) is 13.4. The Balaban J connectivity index is 2.10. The highest BCUT2D eigenvalue weighted by Gasteiger charge is 2.26. The van der Waals surface area contributed by atoms with Crippen molar-refractivity contribution in [3.8, 4) is 0 Å². The molecule has 1 aromatic rings. The Labute approximate surface area is 117 Å². The molecule has 1 atom stereocenters. The Morgan fingerprint density at radius 2 is 2.11 bits per heavy atom. The molecule has 1 heterocycles. The van der Waals surface area contributed by atoms with E-state index in [2.05, 4.69) is 0 Å².